The topological polar surface area (TPSA) is 25.8 Å². The van der Waals surface area contributed by atoms with E-state index in [-0.39, 0.29) is 0 Å². The maximum absolute atomic E-state index is 4.45. The maximum Gasteiger partial charge on any atom is 0.0920 e. The van der Waals surface area contributed by atoms with Gasteiger partial charge >= 0.3 is 0 Å². The summed E-state index contributed by atoms with van der Waals surface area (Å²) in [7, 11) is 0. The first-order chi connectivity index (χ1) is 7.61. The molecule has 0 unspecified atom stereocenters. The molecule has 0 saturated heterocycles. The van der Waals surface area contributed by atoms with Crippen LogP contribution in [0.3, 0.4) is 0 Å². The van der Waals surface area contributed by atoms with Gasteiger partial charge in [-0.05, 0) is 62.1 Å². The second-order valence-corrected chi connectivity index (χ2v) is 4.20. The Morgan fingerprint density at radius 2 is 1.06 bits per heavy atom. The smallest absolute Gasteiger partial charge is 0.0920 e. The number of aryl methyl sites for hydroxylation is 2. The molecule has 16 heavy (non-hydrogen) atoms. The molecule has 2 rings (SSSR count). The van der Waals surface area contributed by atoms with Crippen LogP contribution in [0.2, 0.25) is 0 Å². The SMILES string of the molecule is Cc1ccnc(-c2nccc(C)c2C)c1C. The highest BCUT2D eigenvalue weighted by molar-refractivity contribution is 5.64. The Morgan fingerprint density at radius 3 is 1.44 bits per heavy atom. The first kappa shape index (κ1) is 10.8. The van der Waals surface area contributed by atoms with Gasteiger partial charge in [0.15, 0.2) is 0 Å². The molecule has 0 radical (unpaired) electrons. The Balaban J connectivity index is 2.68. The lowest BCUT2D eigenvalue weighted by molar-refractivity contribution is 1.15. The molecular weight excluding hydrogens is 196 g/mol. The van der Waals surface area contributed by atoms with Gasteiger partial charge in [0.1, 0.15) is 0 Å². The highest BCUT2D eigenvalue weighted by Gasteiger charge is 2.10. The Labute approximate surface area is 96.4 Å². The number of hydrogen-bond donors (Lipinski definition) is 0. The fourth-order valence-corrected chi connectivity index (χ4v) is 1.74. The number of nitrogens with zero attached hydrogens (tertiary/aromatic N) is 2. The average Bonchev–Trinajstić information content (AvgIpc) is 2.27. The van der Waals surface area contributed by atoms with Gasteiger partial charge in [-0.2, -0.15) is 0 Å². The molecule has 0 aliphatic rings. The molecule has 0 aromatic carbocycles. The van der Waals surface area contributed by atoms with E-state index < -0.39 is 0 Å². The minimum atomic E-state index is 1.00. The van der Waals surface area contributed by atoms with E-state index in [2.05, 4.69) is 37.7 Å². The van der Waals surface area contributed by atoms with Crippen LogP contribution >= 0.6 is 0 Å². The lowest BCUT2D eigenvalue weighted by atomic mass is 10.0. The van der Waals surface area contributed by atoms with Gasteiger partial charge in [-0.3, -0.25) is 9.97 Å². The summed E-state index contributed by atoms with van der Waals surface area (Å²) in [4.78, 5) is 8.90. The van der Waals surface area contributed by atoms with Gasteiger partial charge in [-0.15, -0.1) is 0 Å². The Morgan fingerprint density at radius 1 is 0.688 bits per heavy atom. The monoisotopic (exact) mass is 212 g/mol. The van der Waals surface area contributed by atoms with E-state index in [0.29, 0.717) is 0 Å². The van der Waals surface area contributed by atoms with Crippen LogP contribution in [0.1, 0.15) is 22.3 Å². The molecule has 2 aromatic rings. The van der Waals surface area contributed by atoms with Crippen LogP contribution in [-0.4, -0.2) is 9.97 Å². The summed E-state index contributed by atoms with van der Waals surface area (Å²) in [6.45, 7) is 8.40. The minimum absolute atomic E-state index is 1.00. The third-order valence-electron chi connectivity index (χ3n) is 3.17. The van der Waals surface area contributed by atoms with Crippen molar-refractivity contribution in [3.63, 3.8) is 0 Å². The summed E-state index contributed by atoms with van der Waals surface area (Å²) < 4.78 is 0. The van der Waals surface area contributed by atoms with Gasteiger partial charge < -0.3 is 0 Å². The molecule has 0 fully saturated rings. The standard InChI is InChI=1S/C14H16N2/c1-9-5-7-15-13(11(9)3)14-12(4)10(2)6-8-16-14/h5-8H,1-4H3. The van der Waals surface area contributed by atoms with Crippen LogP contribution in [0.5, 0.6) is 0 Å². The third-order valence-corrected chi connectivity index (χ3v) is 3.17. The zero-order chi connectivity index (χ0) is 11.7. The molecule has 0 spiro atoms. The van der Waals surface area contributed by atoms with Gasteiger partial charge in [0.05, 0.1) is 11.4 Å². The van der Waals surface area contributed by atoms with Crippen molar-refractivity contribution in [3.8, 4) is 11.4 Å². The van der Waals surface area contributed by atoms with Gasteiger partial charge in [-0.1, -0.05) is 0 Å². The Bertz CT molecular complexity index is 481. The van der Waals surface area contributed by atoms with E-state index in [1.165, 1.54) is 22.3 Å². The fourth-order valence-electron chi connectivity index (χ4n) is 1.74. The Kier molecular flexibility index (Phi) is 2.73. The van der Waals surface area contributed by atoms with Crippen LogP contribution in [0.25, 0.3) is 11.4 Å². The summed E-state index contributed by atoms with van der Waals surface area (Å²) in [5, 5.41) is 0. The second kappa shape index (κ2) is 4.05. The zero-order valence-electron chi connectivity index (χ0n) is 10.2. The van der Waals surface area contributed by atoms with Gasteiger partial charge in [0.2, 0.25) is 0 Å². The van der Waals surface area contributed by atoms with E-state index in [1.54, 1.807) is 0 Å². The lowest BCUT2D eigenvalue weighted by Gasteiger charge is -2.10. The quantitative estimate of drug-likeness (QED) is 0.724. The fraction of sp³-hybridized carbons (Fsp3) is 0.286. The highest BCUT2D eigenvalue weighted by Crippen LogP contribution is 2.25. The second-order valence-electron chi connectivity index (χ2n) is 4.20. The maximum atomic E-state index is 4.45. The third kappa shape index (κ3) is 1.71. The molecule has 0 amide bonds. The molecule has 0 bridgehead atoms. The molecule has 0 aliphatic carbocycles. The van der Waals surface area contributed by atoms with Crippen molar-refractivity contribution in [3.05, 3.63) is 46.8 Å². The molecule has 0 N–H and O–H groups in total. The van der Waals surface area contributed by atoms with E-state index in [9.17, 15) is 0 Å². The molecule has 82 valence electrons. The number of hydrogen-bond acceptors (Lipinski definition) is 2. The van der Waals surface area contributed by atoms with Gasteiger partial charge in [0, 0.05) is 12.4 Å². The molecular formula is C14H16N2. The van der Waals surface area contributed by atoms with Crippen molar-refractivity contribution in [2.45, 2.75) is 27.7 Å². The van der Waals surface area contributed by atoms with Crippen LogP contribution in [0, 0.1) is 27.7 Å². The number of aromatic nitrogens is 2. The largest absolute Gasteiger partial charge is 0.254 e. The first-order valence-electron chi connectivity index (χ1n) is 5.46. The normalized spacial score (nSPS) is 10.5. The summed E-state index contributed by atoms with van der Waals surface area (Å²) >= 11 is 0. The molecule has 2 nitrogen and oxygen atoms in total. The highest BCUT2D eigenvalue weighted by atomic mass is 14.8. The number of pyridine rings is 2. The predicted molar refractivity (Wildman–Crippen MR) is 66.4 cm³/mol. The van der Waals surface area contributed by atoms with Crippen molar-refractivity contribution in [2.24, 2.45) is 0 Å². The van der Waals surface area contributed by atoms with Crippen molar-refractivity contribution in [1.82, 2.24) is 9.97 Å². The number of rotatable bonds is 1. The summed E-state index contributed by atoms with van der Waals surface area (Å²) in [6.07, 6.45) is 3.70. The van der Waals surface area contributed by atoms with Crippen molar-refractivity contribution >= 4 is 0 Å². The molecule has 0 aliphatic heterocycles. The first-order valence-corrected chi connectivity index (χ1v) is 5.46. The van der Waals surface area contributed by atoms with Gasteiger partial charge in [-0.25, -0.2) is 0 Å². The summed E-state index contributed by atoms with van der Waals surface area (Å²) in [5.41, 5.74) is 6.94. The molecule has 2 aromatic heterocycles. The summed E-state index contributed by atoms with van der Waals surface area (Å²) in [5.74, 6) is 0. The minimum Gasteiger partial charge on any atom is -0.254 e. The van der Waals surface area contributed by atoms with Crippen molar-refractivity contribution < 1.29 is 0 Å². The van der Waals surface area contributed by atoms with Gasteiger partial charge in [0.25, 0.3) is 0 Å². The summed E-state index contributed by atoms with van der Waals surface area (Å²) in [6, 6.07) is 4.06. The van der Waals surface area contributed by atoms with E-state index >= 15 is 0 Å². The molecule has 0 atom stereocenters. The van der Waals surface area contributed by atoms with Crippen LogP contribution in [-0.2, 0) is 0 Å². The average molecular weight is 212 g/mol. The predicted octanol–water partition coefficient (Wildman–Crippen LogP) is 3.38. The van der Waals surface area contributed by atoms with E-state index in [1.807, 2.05) is 24.5 Å². The zero-order valence-corrected chi connectivity index (χ0v) is 10.2. The van der Waals surface area contributed by atoms with E-state index in [0.717, 1.165) is 11.4 Å². The van der Waals surface area contributed by atoms with Crippen LogP contribution in [0.15, 0.2) is 24.5 Å². The molecule has 2 heterocycles. The van der Waals surface area contributed by atoms with Crippen molar-refractivity contribution in [2.75, 3.05) is 0 Å². The van der Waals surface area contributed by atoms with Crippen molar-refractivity contribution in [1.29, 1.82) is 0 Å². The molecule has 0 saturated carbocycles. The van der Waals surface area contributed by atoms with Crippen LogP contribution < -0.4 is 0 Å². The lowest BCUT2D eigenvalue weighted by Crippen LogP contribution is -1.97. The van der Waals surface area contributed by atoms with E-state index in [4.69, 9.17) is 0 Å². The Hall–Kier alpha value is -1.70. The van der Waals surface area contributed by atoms with Crippen LogP contribution in [0.4, 0.5) is 0 Å². The molecule has 2 heteroatoms.